The lowest BCUT2D eigenvalue weighted by molar-refractivity contribution is -0.0110. The number of benzene rings is 1. The Balaban J connectivity index is 2.29. The first kappa shape index (κ1) is 13.8. The van der Waals surface area contributed by atoms with Gasteiger partial charge in [0, 0.05) is 13.1 Å². The summed E-state index contributed by atoms with van der Waals surface area (Å²) in [6, 6.07) is 4.29. The zero-order valence-electron chi connectivity index (χ0n) is 11.1. The van der Waals surface area contributed by atoms with Crippen molar-refractivity contribution in [3.05, 3.63) is 29.6 Å². The van der Waals surface area contributed by atoms with Crippen LogP contribution in [0.4, 0.5) is 4.39 Å². The van der Waals surface area contributed by atoms with E-state index in [-0.39, 0.29) is 17.9 Å². The Morgan fingerprint density at radius 3 is 2.89 bits per heavy atom. The molecule has 19 heavy (non-hydrogen) atoms. The van der Waals surface area contributed by atoms with Crippen LogP contribution < -0.4 is 4.74 Å². The third-order valence-corrected chi connectivity index (χ3v) is 3.37. The Kier molecular flexibility index (Phi) is 3.75. The molecule has 1 aliphatic heterocycles. The maximum Gasteiger partial charge on any atom is 0.260 e. The summed E-state index contributed by atoms with van der Waals surface area (Å²) >= 11 is 0. The average molecular weight is 267 g/mol. The fourth-order valence-electron chi connectivity index (χ4n) is 2.43. The number of carbonyl (C=O) groups excluding carboxylic acids is 1. The maximum atomic E-state index is 13.8. The van der Waals surface area contributed by atoms with Gasteiger partial charge in [-0.2, -0.15) is 0 Å². The van der Waals surface area contributed by atoms with E-state index in [4.69, 9.17) is 4.74 Å². The summed E-state index contributed by atoms with van der Waals surface area (Å²) in [4.78, 5) is 13.9. The number of halogens is 1. The van der Waals surface area contributed by atoms with E-state index in [1.54, 1.807) is 13.0 Å². The summed E-state index contributed by atoms with van der Waals surface area (Å²) in [5.74, 6) is -0.820. The Morgan fingerprint density at radius 1 is 1.53 bits per heavy atom. The predicted molar refractivity (Wildman–Crippen MR) is 68.7 cm³/mol. The molecule has 0 bridgehead atoms. The van der Waals surface area contributed by atoms with Gasteiger partial charge in [-0.1, -0.05) is 6.07 Å². The van der Waals surface area contributed by atoms with Crippen LogP contribution >= 0.6 is 0 Å². The van der Waals surface area contributed by atoms with Crippen molar-refractivity contribution >= 4 is 5.91 Å². The molecule has 1 aromatic carbocycles. The van der Waals surface area contributed by atoms with E-state index >= 15 is 0 Å². The summed E-state index contributed by atoms with van der Waals surface area (Å²) in [5, 5.41) is 10.0. The molecule has 0 saturated carbocycles. The molecule has 0 spiro atoms. The highest BCUT2D eigenvalue weighted by Crippen LogP contribution is 2.26. The van der Waals surface area contributed by atoms with Crippen LogP contribution in [-0.4, -0.2) is 41.7 Å². The number of β-amino-alcohol motifs (C(OH)–C–C–N with tert-alkyl or cyclic N) is 1. The number of ether oxygens (including phenoxy) is 1. The van der Waals surface area contributed by atoms with Crippen LogP contribution in [0.15, 0.2) is 18.2 Å². The van der Waals surface area contributed by atoms with Gasteiger partial charge < -0.3 is 14.7 Å². The van der Waals surface area contributed by atoms with E-state index in [9.17, 15) is 14.3 Å². The normalized spacial score (nSPS) is 23.3. The van der Waals surface area contributed by atoms with Crippen LogP contribution in [0.5, 0.6) is 5.75 Å². The molecule has 1 N–H and O–H groups in total. The van der Waals surface area contributed by atoms with Gasteiger partial charge >= 0.3 is 0 Å². The van der Waals surface area contributed by atoms with Gasteiger partial charge in [-0.3, -0.25) is 4.79 Å². The van der Waals surface area contributed by atoms with Gasteiger partial charge in [0.15, 0.2) is 0 Å². The van der Waals surface area contributed by atoms with Crippen molar-refractivity contribution in [1.29, 1.82) is 0 Å². The van der Waals surface area contributed by atoms with E-state index in [0.29, 0.717) is 19.4 Å². The van der Waals surface area contributed by atoms with Crippen molar-refractivity contribution in [2.45, 2.75) is 25.4 Å². The largest absolute Gasteiger partial charge is 0.496 e. The smallest absolute Gasteiger partial charge is 0.260 e. The topological polar surface area (TPSA) is 49.8 Å². The second kappa shape index (κ2) is 5.17. The molecule has 1 saturated heterocycles. The van der Waals surface area contributed by atoms with Crippen molar-refractivity contribution in [2.75, 3.05) is 20.2 Å². The van der Waals surface area contributed by atoms with Gasteiger partial charge in [0.2, 0.25) is 0 Å². The lowest BCUT2D eigenvalue weighted by Crippen LogP contribution is -2.48. The summed E-state index contributed by atoms with van der Waals surface area (Å²) in [7, 11) is 1.40. The monoisotopic (exact) mass is 267 g/mol. The minimum atomic E-state index is -0.910. The molecule has 1 aliphatic rings. The minimum Gasteiger partial charge on any atom is -0.496 e. The molecular weight excluding hydrogens is 249 g/mol. The van der Waals surface area contributed by atoms with Crippen molar-refractivity contribution in [3.8, 4) is 5.75 Å². The Labute approximate surface area is 111 Å². The van der Waals surface area contributed by atoms with Gasteiger partial charge in [0.1, 0.15) is 17.1 Å². The van der Waals surface area contributed by atoms with E-state index in [2.05, 4.69) is 0 Å². The summed E-state index contributed by atoms with van der Waals surface area (Å²) in [5.41, 5.74) is -0.977. The Hall–Kier alpha value is -1.62. The number of amides is 1. The standard InChI is InChI=1S/C14H18FNO3/c1-14(18)7-4-8-16(9-14)13(17)12-10(15)5-3-6-11(12)19-2/h3,5-6,18H,4,7-9H2,1-2H3. The van der Waals surface area contributed by atoms with Gasteiger partial charge in [-0.15, -0.1) is 0 Å². The van der Waals surface area contributed by atoms with Crippen molar-refractivity contribution in [2.24, 2.45) is 0 Å². The highest BCUT2D eigenvalue weighted by atomic mass is 19.1. The van der Waals surface area contributed by atoms with Gasteiger partial charge in [0.05, 0.1) is 12.7 Å². The SMILES string of the molecule is COc1cccc(F)c1C(=O)N1CCCC(C)(O)C1. The molecule has 0 radical (unpaired) electrons. The van der Waals surface area contributed by atoms with Crippen LogP contribution in [0.25, 0.3) is 0 Å². The van der Waals surface area contributed by atoms with Crippen molar-refractivity contribution in [1.82, 2.24) is 4.90 Å². The number of carbonyl (C=O) groups is 1. The first-order valence-electron chi connectivity index (χ1n) is 6.29. The Bertz CT molecular complexity index is 488. The number of likely N-dealkylation sites (tertiary alicyclic amines) is 1. The molecule has 0 aliphatic carbocycles. The first-order valence-corrected chi connectivity index (χ1v) is 6.29. The summed E-state index contributed by atoms with van der Waals surface area (Å²) < 4.78 is 18.9. The third-order valence-electron chi connectivity index (χ3n) is 3.37. The highest BCUT2D eigenvalue weighted by Gasteiger charge is 2.33. The number of methoxy groups -OCH3 is 1. The first-order chi connectivity index (χ1) is 8.94. The molecule has 1 amide bonds. The number of hydrogen-bond donors (Lipinski definition) is 1. The highest BCUT2D eigenvalue weighted by molar-refractivity contribution is 5.97. The van der Waals surface area contributed by atoms with Gasteiger partial charge in [0.25, 0.3) is 5.91 Å². The quantitative estimate of drug-likeness (QED) is 0.889. The number of nitrogens with zero attached hydrogens (tertiary/aromatic N) is 1. The fourth-order valence-corrected chi connectivity index (χ4v) is 2.43. The van der Waals surface area contributed by atoms with Crippen LogP contribution in [-0.2, 0) is 0 Å². The molecular formula is C14H18FNO3. The Morgan fingerprint density at radius 2 is 2.26 bits per heavy atom. The molecule has 5 heteroatoms. The molecule has 1 fully saturated rings. The molecule has 1 aromatic rings. The molecule has 4 nitrogen and oxygen atoms in total. The number of aliphatic hydroxyl groups is 1. The van der Waals surface area contributed by atoms with E-state index < -0.39 is 17.3 Å². The van der Waals surface area contributed by atoms with E-state index in [1.807, 2.05) is 0 Å². The fraction of sp³-hybridized carbons (Fsp3) is 0.500. The second-order valence-corrected chi connectivity index (χ2v) is 5.14. The van der Waals surface area contributed by atoms with Crippen LogP contribution in [0.3, 0.4) is 0 Å². The van der Waals surface area contributed by atoms with Crippen molar-refractivity contribution < 1.29 is 19.0 Å². The molecule has 1 heterocycles. The number of rotatable bonds is 2. The average Bonchev–Trinajstić information content (AvgIpc) is 2.36. The molecule has 1 atom stereocenters. The van der Waals surface area contributed by atoms with Gasteiger partial charge in [-0.25, -0.2) is 4.39 Å². The van der Waals surface area contributed by atoms with Crippen LogP contribution in [0.1, 0.15) is 30.1 Å². The second-order valence-electron chi connectivity index (χ2n) is 5.14. The summed E-state index contributed by atoms with van der Waals surface area (Å²) in [6.45, 7) is 2.42. The molecule has 0 aromatic heterocycles. The van der Waals surface area contributed by atoms with Crippen LogP contribution in [0.2, 0.25) is 0 Å². The molecule has 104 valence electrons. The predicted octanol–water partition coefficient (Wildman–Crippen LogP) is 1.82. The number of piperidine rings is 1. The lowest BCUT2D eigenvalue weighted by Gasteiger charge is -2.37. The van der Waals surface area contributed by atoms with Gasteiger partial charge in [-0.05, 0) is 31.9 Å². The lowest BCUT2D eigenvalue weighted by atomic mass is 9.94. The third kappa shape index (κ3) is 2.87. The minimum absolute atomic E-state index is 0.0669. The zero-order valence-corrected chi connectivity index (χ0v) is 11.1. The van der Waals surface area contributed by atoms with Crippen molar-refractivity contribution in [3.63, 3.8) is 0 Å². The van der Waals surface area contributed by atoms with Crippen LogP contribution in [0, 0.1) is 5.82 Å². The molecule has 1 unspecified atom stereocenters. The molecule has 2 rings (SSSR count). The number of hydrogen-bond acceptors (Lipinski definition) is 3. The zero-order chi connectivity index (χ0) is 14.0. The van der Waals surface area contributed by atoms with E-state index in [1.165, 1.54) is 24.1 Å². The maximum absolute atomic E-state index is 13.8. The van der Waals surface area contributed by atoms with E-state index in [0.717, 1.165) is 0 Å². The summed E-state index contributed by atoms with van der Waals surface area (Å²) in [6.07, 6.45) is 1.35.